The first kappa shape index (κ1) is 23.7. The van der Waals surface area contributed by atoms with E-state index in [1.54, 1.807) is 4.68 Å². The highest BCUT2D eigenvalue weighted by molar-refractivity contribution is 6.06. The molecule has 3 rings (SSSR count). The number of nitrogens with one attached hydrogen (secondary N) is 1. The Morgan fingerprint density at radius 3 is 2.69 bits per heavy atom. The summed E-state index contributed by atoms with van der Waals surface area (Å²) >= 11 is 0. The lowest BCUT2D eigenvalue weighted by molar-refractivity contribution is -0.123. The fraction of sp³-hybridized carbons (Fsp3) is 0.409. The number of nitrogens with zero attached hydrogens (tertiary/aromatic N) is 4. The largest absolute Gasteiger partial charge is 0.405 e. The molecule has 172 valence electrons. The third-order valence-electron chi connectivity index (χ3n) is 4.94. The zero-order valence-corrected chi connectivity index (χ0v) is 18.3. The van der Waals surface area contributed by atoms with Crippen LogP contribution in [0.15, 0.2) is 36.5 Å². The predicted octanol–water partition coefficient (Wildman–Crippen LogP) is 3.36. The van der Waals surface area contributed by atoms with Crippen molar-refractivity contribution < 1.29 is 18.0 Å². The van der Waals surface area contributed by atoms with Crippen molar-refractivity contribution in [2.24, 2.45) is 5.73 Å². The van der Waals surface area contributed by atoms with Gasteiger partial charge in [-0.3, -0.25) is 4.79 Å². The van der Waals surface area contributed by atoms with E-state index in [2.05, 4.69) is 10.00 Å². The zero-order valence-electron chi connectivity index (χ0n) is 18.3. The summed E-state index contributed by atoms with van der Waals surface area (Å²) in [6.45, 7) is 4.38. The summed E-state index contributed by atoms with van der Waals surface area (Å²) in [5.41, 5.74) is 8.43. The van der Waals surface area contributed by atoms with Crippen LogP contribution in [0.2, 0.25) is 0 Å². The van der Waals surface area contributed by atoms with Gasteiger partial charge in [-0.1, -0.05) is 18.2 Å². The van der Waals surface area contributed by atoms with Gasteiger partial charge >= 0.3 is 6.18 Å². The first-order valence-corrected chi connectivity index (χ1v) is 10.3. The average molecular weight is 448 g/mol. The summed E-state index contributed by atoms with van der Waals surface area (Å²) in [5.74, 6) is -0.821. The van der Waals surface area contributed by atoms with Gasteiger partial charge in [-0.2, -0.15) is 18.3 Å². The van der Waals surface area contributed by atoms with Gasteiger partial charge in [-0.15, -0.1) is 0 Å². The first-order chi connectivity index (χ1) is 15.1. The molecular formula is C22H27F3N6O. The molecule has 0 aliphatic carbocycles. The van der Waals surface area contributed by atoms with Crippen molar-refractivity contribution in [3.8, 4) is 11.3 Å². The Kier molecular flexibility index (Phi) is 7.15. The fourth-order valence-electron chi connectivity index (χ4n) is 3.45. The molecular weight excluding hydrogens is 421 g/mol. The first-order valence-electron chi connectivity index (χ1n) is 10.3. The molecule has 0 radical (unpaired) electrons. The number of halogens is 3. The highest BCUT2D eigenvalue weighted by atomic mass is 19.4. The smallest absolute Gasteiger partial charge is 0.343 e. The molecule has 10 heteroatoms. The average Bonchev–Trinajstić information content (AvgIpc) is 3.15. The van der Waals surface area contributed by atoms with Gasteiger partial charge < -0.3 is 16.0 Å². The van der Waals surface area contributed by atoms with Crippen LogP contribution < -0.4 is 11.1 Å². The van der Waals surface area contributed by atoms with Crippen LogP contribution in [0.1, 0.15) is 35.8 Å². The van der Waals surface area contributed by atoms with Crippen molar-refractivity contribution in [2.45, 2.75) is 32.6 Å². The van der Waals surface area contributed by atoms with Crippen LogP contribution in [-0.4, -0.2) is 58.4 Å². The third-order valence-corrected chi connectivity index (χ3v) is 4.94. The van der Waals surface area contributed by atoms with E-state index in [0.717, 1.165) is 17.7 Å². The third kappa shape index (κ3) is 5.63. The van der Waals surface area contributed by atoms with Crippen molar-refractivity contribution in [3.05, 3.63) is 47.7 Å². The van der Waals surface area contributed by atoms with Crippen LogP contribution in [0.3, 0.4) is 0 Å². The second-order valence-corrected chi connectivity index (χ2v) is 8.00. The Morgan fingerprint density at radius 2 is 2.03 bits per heavy atom. The van der Waals surface area contributed by atoms with Gasteiger partial charge in [0.25, 0.3) is 5.91 Å². The number of pyridine rings is 1. The monoisotopic (exact) mass is 448 g/mol. The fourth-order valence-corrected chi connectivity index (χ4v) is 3.45. The van der Waals surface area contributed by atoms with E-state index in [1.165, 1.54) is 12.3 Å². The summed E-state index contributed by atoms with van der Waals surface area (Å²) in [6.07, 6.45) is -3.04. The molecule has 32 heavy (non-hydrogen) atoms. The summed E-state index contributed by atoms with van der Waals surface area (Å²) in [5, 5.41) is 6.65. The normalized spacial score (nSPS) is 12.2. The molecule has 1 amide bonds. The number of alkyl halides is 3. The second-order valence-electron chi connectivity index (χ2n) is 8.00. The van der Waals surface area contributed by atoms with Gasteiger partial charge in [0.1, 0.15) is 6.54 Å². The van der Waals surface area contributed by atoms with Gasteiger partial charge in [0.2, 0.25) is 0 Å². The number of likely N-dealkylation sites (N-methyl/N-ethyl adjacent to an activating group) is 1. The van der Waals surface area contributed by atoms with Crippen LogP contribution in [0.4, 0.5) is 13.2 Å². The second kappa shape index (κ2) is 9.66. The van der Waals surface area contributed by atoms with E-state index in [4.69, 9.17) is 10.7 Å². The Labute approximate surface area is 184 Å². The Hall–Kier alpha value is -2.98. The number of nitrogens with two attached hydrogens (primary N) is 1. The number of carbonyl (C=O) groups is 1. The number of fused-ring (bicyclic) bond motifs is 1. The van der Waals surface area contributed by atoms with Crippen molar-refractivity contribution >= 4 is 16.9 Å². The van der Waals surface area contributed by atoms with E-state index < -0.39 is 18.6 Å². The Balaban J connectivity index is 2.06. The maximum absolute atomic E-state index is 12.7. The maximum atomic E-state index is 12.7. The van der Waals surface area contributed by atoms with E-state index >= 15 is 0 Å². The highest BCUT2D eigenvalue weighted by Crippen LogP contribution is 2.27. The lowest BCUT2D eigenvalue weighted by Crippen LogP contribution is -2.33. The number of rotatable bonds is 8. The van der Waals surface area contributed by atoms with Gasteiger partial charge in [0.15, 0.2) is 5.65 Å². The molecule has 0 spiro atoms. The quantitative estimate of drug-likeness (QED) is 0.552. The lowest BCUT2D eigenvalue weighted by atomic mass is 10.0. The van der Waals surface area contributed by atoms with Crippen molar-refractivity contribution in [1.82, 2.24) is 25.0 Å². The van der Waals surface area contributed by atoms with Crippen LogP contribution in [0.5, 0.6) is 0 Å². The molecule has 7 nitrogen and oxygen atoms in total. The molecule has 0 saturated heterocycles. The summed E-state index contributed by atoms with van der Waals surface area (Å²) < 4.78 is 39.6. The lowest BCUT2D eigenvalue weighted by Gasteiger charge is -2.16. The molecule has 2 heterocycles. The molecule has 3 aromatic rings. The molecule has 1 aromatic carbocycles. The molecule has 0 unspecified atom stereocenters. The molecule has 0 aliphatic heterocycles. The number of hydrogen-bond donors (Lipinski definition) is 2. The van der Waals surface area contributed by atoms with Gasteiger partial charge in [0.05, 0.1) is 22.8 Å². The molecule has 0 fully saturated rings. The number of carbonyl (C=O) groups excluding carboxylic acids is 1. The summed E-state index contributed by atoms with van der Waals surface area (Å²) in [4.78, 5) is 19.4. The minimum atomic E-state index is -4.50. The van der Waals surface area contributed by atoms with E-state index in [1.807, 2.05) is 50.5 Å². The van der Waals surface area contributed by atoms with Crippen LogP contribution in [-0.2, 0) is 6.54 Å². The Morgan fingerprint density at radius 1 is 1.28 bits per heavy atom. The molecule has 0 bridgehead atoms. The van der Waals surface area contributed by atoms with Crippen LogP contribution in [0, 0.1) is 0 Å². The predicted molar refractivity (Wildman–Crippen MR) is 117 cm³/mol. The molecule has 2 aromatic heterocycles. The molecule has 0 aliphatic rings. The zero-order chi connectivity index (χ0) is 23.5. The van der Waals surface area contributed by atoms with E-state index in [-0.39, 0.29) is 11.6 Å². The maximum Gasteiger partial charge on any atom is 0.405 e. The highest BCUT2D eigenvalue weighted by Gasteiger charge is 2.29. The van der Waals surface area contributed by atoms with Crippen molar-refractivity contribution in [1.29, 1.82) is 0 Å². The summed E-state index contributed by atoms with van der Waals surface area (Å²) in [6, 6.07) is 9.14. The Bertz CT molecular complexity index is 1090. The van der Waals surface area contributed by atoms with Crippen LogP contribution >= 0.6 is 0 Å². The number of benzene rings is 1. The number of hydrogen-bond acceptors (Lipinski definition) is 5. The van der Waals surface area contributed by atoms with E-state index in [9.17, 15) is 18.0 Å². The minimum Gasteiger partial charge on any atom is -0.343 e. The van der Waals surface area contributed by atoms with Gasteiger partial charge in [-0.25, -0.2) is 9.67 Å². The number of amides is 1. The standard InChI is InChI=1S/C22H27F3N6O/c1-14(2)31-20-18(11-28-31)17(21(32)27-13-22(23,24)25)10-19(29-20)16-6-4-5-15(9-16)12-30(3)8-7-26/h4-6,9-11,14H,7-8,12-13,26H2,1-3H3,(H,27,32). The SMILES string of the molecule is CC(C)n1ncc2c(C(=O)NCC(F)(F)F)cc(-c3cccc(CN(C)CCN)c3)nc21. The molecule has 3 N–H and O–H groups in total. The molecule has 0 atom stereocenters. The molecule has 0 saturated carbocycles. The minimum absolute atomic E-state index is 0.0439. The van der Waals surface area contributed by atoms with E-state index in [0.29, 0.717) is 29.8 Å². The number of aromatic nitrogens is 3. The van der Waals surface area contributed by atoms with Gasteiger partial charge in [0, 0.05) is 31.2 Å². The van der Waals surface area contributed by atoms with Gasteiger partial charge in [-0.05, 0) is 38.6 Å². The topological polar surface area (TPSA) is 89.1 Å². The van der Waals surface area contributed by atoms with Crippen molar-refractivity contribution in [3.63, 3.8) is 0 Å². The summed E-state index contributed by atoms with van der Waals surface area (Å²) in [7, 11) is 1.97. The van der Waals surface area contributed by atoms with Crippen LogP contribution in [0.25, 0.3) is 22.3 Å². The van der Waals surface area contributed by atoms with Crippen molar-refractivity contribution in [2.75, 3.05) is 26.7 Å².